The highest BCUT2D eigenvalue weighted by Gasteiger charge is 2.20. The number of amides is 2. The molecule has 1 heterocycles. The number of carbonyl (C=O) groups is 2. The van der Waals surface area contributed by atoms with Crippen LogP contribution in [0.2, 0.25) is 0 Å². The van der Waals surface area contributed by atoms with Crippen LogP contribution in [0.25, 0.3) is 11.1 Å². The van der Waals surface area contributed by atoms with E-state index >= 15 is 0 Å². The fourth-order valence-corrected chi connectivity index (χ4v) is 2.38. The van der Waals surface area contributed by atoms with Crippen LogP contribution in [0.4, 0.5) is 0 Å². The third-order valence-corrected chi connectivity index (χ3v) is 3.86. The lowest BCUT2D eigenvalue weighted by molar-refractivity contribution is -0.133. The van der Waals surface area contributed by atoms with Crippen LogP contribution >= 0.6 is 0 Å². The highest BCUT2D eigenvalue weighted by Crippen LogP contribution is 2.19. The SMILES string of the molecule is O=C(NCC(=O)N1CCC1)c1ccc(-c2ccccc2)cc1. The van der Waals surface area contributed by atoms with Gasteiger partial charge in [-0.3, -0.25) is 9.59 Å². The molecule has 2 aromatic carbocycles. The molecule has 0 bridgehead atoms. The monoisotopic (exact) mass is 294 g/mol. The van der Waals surface area contributed by atoms with Crippen LogP contribution < -0.4 is 5.32 Å². The van der Waals surface area contributed by atoms with Crippen molar-refractivity contribution in [3.8, 4) is 11.1 Å². The molecule has 1 aliphatic rings. The Morgan fingerprint density at radius 2 is 1.55 bits per heavy atom. The number of rotatable bonds is 4. The number of nitrogens with one attached hydrogen (secondary N) is 1. The average Bonchev–Trinajstić information content (AvgIpc) is 2.52. The summed E-state index contributed by atoms with van der Waals surface area (Å²) < 4.78 is 0. The first kappa shape index (κ1) is 14.3. The second-order valence-electron chi connectivity index (χ2n) is 5.36. The van der Waals surface area contributed by atoms with E-state index in [9.17, 15) is 9.59 Å². The van der Waals surface area contributed by atoms with Gasteiger partial charge in [0.05, 0.1) is 6.54 Å². The highest BCUT2D eigenvalue weighted by molar-refractivity contribution is 5.96. The van der Waals surface area contributed by atoms with Crippen LogP contribution in [0, 0.1) is 0 Å². The van der Waals surface area contributed by atoms with E-state index in [2.05, 4.69) is 5.32 Å². The van der Waals surface area contributed by atoms with Gasteiger partial charge in [0.15, 0.2) is 0 Å². The normalized spacial score (nSPS) is 13.4. The molecule has 0 unspecified atom stereocenters. The van der Waals surface area contributed by atoms with Gasteiger partial charge in [0, 0.05) is 18.7 Å². The molecule has 112 valence electrons. The first-order valence-corrected chi connectivity index (χ1v) is 7.45. The zero-order chi connectivity index (χ0) is 15.4. The maximum absolute atomic E-state index is 12.0. The number of hydrogen-bond donors (Lipinski definition) is 1. The topological polar surface area (TPSA) is 49.4 Å². The van der Waals surface area contributed by atoms with Crippen LogP contribution in [0.15, 0.2) is 54.6 Å². The van der Waals surface area contributed by atoms with Crippen molar-refractivity contribution >= 4 is 11.8 Å². The summed E-state index contributed by atoms with van der Waals surface area (Å²) in [6, 6.07) is 17.4. The predicted molar refractivity (Wildman–Crippen MR) is 85.4 cm³/mol. The standard InChI is InChI=1S/C18H18N2O2/c21-17(20-11-4-12-20)13-19-18(22)16-9-7-15(8-10-16)14-5-2-1-3-6-14/h1-3,5-10H,4,11-13H2,(H,19,22). The Labute approximate surface area is 129 Å². The second-order valence-corrected chi connectivity index (χ2v) is 5.36. The van der Waals surface area contributed by atoms with Crippen molar-refractivity contribution < 1.29 is 9.59 Å². The summed E-state index contributed by atoms with van der Waals surface area (Å²) in [5, 5.41) is 2.68. The van der Waals surface area contributed by atoms with Crippen molar-refractivity contribution in [1.82, 2.24) is 10.2 Å². The van der Waals surface area contributed by atoms with E-state index in [1.165, 1.54) is 0 Å². The minimum atomic E-state index is -0.214. The summed E-state index contributed by atoms with van der Waals surface area (Å²) in [7, 11) is 0. The van der Waals surface area contributed by atoms with Crippen LogP contribution in [0.3, 0.4) is 0 Å². The molecule has 2 aromatic rings. The minimum Gasteiger partial charge on any atom is -0.343 e. The van der Waals surface area contributed by atoms with Gasteiger partial charge >= 0.3 is 0 Å². The van der Waals surface area contributed by atoms with Gasteiger partial charge < -0.3 is 10.2 Å². The van der Waals surface area contributed by atoms with E-state index in [-0.39, 0.29) is 18.4 Å². The van der Waals surface area contributed by atoms with E-state index in [4.69, 9.17) is 0 Å². The smallest absolute Gasteiger partial charge is 0.251 e. The summed E-state index contributed by atoms with van der Waals surface area (Å²) in [6.07, 6.45) is 1.06. The number of benzene rings is 2. The van der Waals surface area contributed by atoms with Crippen LogP contribution in [-0.2, 0) is 4.79 Å². The third kappa shape index (κ3) is 3.17. The fraction of sp³-hybridized carbons (Fsp3) is 0.222. The van der Waals surface area contributed by atoms with Crippen molar-refractivity contribution in [3.05, 3.63) is 60.2 Å². The molecule has 4 heteroatoms. The van der Waals surface area contributed by atoms with Crippen LogP contribution in [-0.4, -0.2) is 36.3 Å². The van der Waals surface area contributed by atoms with Crippen molar-refractivity contribution in [2.75, 3.05) is 19.6 Å². The first-order valence-electron chi connectivity index (χ1n) is 7.45. The van der Waals surface area contributed by atoms with Gasteiger partial charge in [-0.05, 0) is 29.7 Å². The summed E-state index contributed by atoms with van der Waals surface area (Å²) in [6.45, 7) is 1.68. The zero-order valence-electron chi connectivity index (χ0n) is 12.3. The highest BCUT2D eigenvalue weighted by atomic mass is 16.2. The average molecular weight is 294 g/mol. The lowest BCUT2D eigenvalue weighted by Gasteiger charge is -2.30. The lowest BCUT2D eigenvalue weighted by Crippen LogP contribution is -2.47. The molecule has 1 aliphatic heterocycles. The number of hydrogen-bond acceptors (Lipinski definition) is 2. The van der Waals surface area contributed by atoms with Crippen molar-refractivity contribution in [3.63, 3.8) is 0 Å². The number of likely N-dealkylation sites (tertiary alicyclic amines) is 1. The van der Waals surface area contributed by atoms with E-state index in [0.717, 1.165) is 30.6 Å². The fourth-order valence-electron chi connectivity index (χ4n) is 2.38. The van der Waals surface area contributed by atoms with Gasteiger partial charge in [0.25, 0.3) is 5.91 Å². The minimum absolute atomic E-state index is 0.0134. The lowest BCUT2D eigenvalue weighted by atomic mass is 10.0. The molecule has 1 saturated heterocycles. The second kappa shape index (κ2) is 6.43. The summed E-state index contributed by atoms with van der Waals surface area (Å²) >= 11 is 0. The quantitative estimate of drug-likeness (QED) is 0.940. The largest absolute Gasteiger partial charge is 0.343 e. The molecule has 0 saturated carbocycles. The Morgan fingerprint density at radius 1 is 0.909 bits per heavy atom. The van der Waals surface area contributed by atoms with Crippen molar-refractivity contribution in [1.29, 1.82) is 0 Å². The van der Waals surface area contributed by atoms with Crippen LogP contribution in [0.1, 0.15) is 16.8 Å². The van der Waals surface area contributed by atoms with E-state index < -0.39 is 0 Å². The van der Waals surface area contributed by atoms with Gasteiger partial charge in [-0.15, -0.1) is 0 Å². The molecular formula is C18H18N2O2. The molecule has 22 heavy (non-hydrogen) atoms. The molecule has 4 nitrogen and oxygen atoms in total. The maximum Gasteiger partial charge on any atom is 0.251 e. The molecule has 3 rings (SSSR count). The van der Waals surface area contributed by atoms with Crippen molar-refractivity contribution in [2.45, 2.75) is 6.42 Å². The molecule has 0 aliphatic carbocycles. The molecule has 2 amide bonds. The summed E-state index contributed by atoms with van der Waals surface area (Å²) in [5.74, 6) is -0.228. The molecule has 1 fully saturated rings. The van der Waals surface area contributed by atoms with E-state index in [1.807, 2.05) is 42.5 Å². The van der Waals surface area contributed by atoms with Gasteiger partial charge in [0.1, 0.15) is 0 Å². The third-order valence-electron chi connectivity index (χ3n) is 3.86. The molecule has 0 radical (unpaired) electrons. The number of nitrogens with zero attached hydrogens (tertiary/aromatic N) is 1. The Kier molecular flexibility index (Phi) is 4.19. The zero-order valence-corrected chi connectivity index (χ0v) is 12.3. The Balaban J connectivity index is 1.60. The predicted octanol–water partition coefficient (Wildman–Crippen LogP) is 2.32. The first-order chi connectivity index (χ1) is 10.7. The number of carbonyl (C=O) groups excluding carboxylic acids is 2. The van der Waals surface area contributed by atoms with Crippen molar-refractivity contribution in [2.24, 2.45) is 0 Å². The van der Waals surface area contributed by atoms with Gasteiger partial charge in [-0.2, -0.15) is 0 Å². The van der Waals surface area contributed by atoms with Gasteiger partial charge in [-0.1, -0.05) is 42.5 Å². The van der Waals surface area contributed by atoms with Gasteiger partial charge in [-0.25, -0.2) is 0 Å². The molecule has 0 atom stereocenters. The maximum atomic E-state index is 12.0. The molecular weight excluding hydrogens is 276 g/mol. The van der Waals surface area contributed by atoms with E-state index in [0.29, 0.717) is 5.56 Å². The Morgan fingerprint density at radius 3 is 2.14 bits per heavy atom. The van der Waals surface area contributed by atoms with Gasteiger partial charge in [0.2, 0.25) is 5.91 Å². The van der Waals surface area contributed by atoms with E-state index in [1.54, 1.807) is 17.0 Å². The molecule has 0 aromatic heterocycles. The Hall–Kier alpha value is -2.62. The molecule has 1 N–H and O–H groups in total. The summed E-state index contributed by atoms with van der Waals surface area (Å²) in [4.78, 5) is 25.5. The summed E-state index contributed by atoms with van der Waals surface area (Å²) in [5.41, 5.74) is 2.74. The Bertz CT molecular complexity index is 661. The molecule has 0 spiro atoms. The van der Waals surface area contributed by atoms with Crippen LogP contribution in [0.5, 0.6) is 0 Å².